The number of hydrogen-bond acceptors (Lipinski definition) is 3. The summed E-state index contributed by atoms with van der Waals surface area (Å²) in [6.45, 7) is 1.83. The van der Waals surface area contributed by atoms with Gasteiger partial charge in [-0.15, -0.1) is 0 Å². The molecule has 17 heavy (non-hydrogen) atoms. The largest absolute Gasteiger partial charge is 0.472 e. The maximum Gasteiger partial charge on any atom is 0.0947 e. The lowest BCUT2D eigenvalue weighted by Gasteiger charge is -2.38. The van der Waals surface area contributed by atoms with Gasteiger partial charge in [-0.25, -0.2) is 0 Å². The van der Waals surface area contributed by atoms with Gasteiger partial charge in [-0.3, -0.25) is 0 Å². The molecule has 1 N–H and O–H groups in total. The van der Waals surface area contributed by atoms with Crippen molar-refractivity contribution in [3.8, 4) is 0 Å². The Hall–Kier alpha value is -0.800. The second-order valence-corrected chi connectivity index (χ2v) is 5.44. The van der Waals surface area contributed by atoms with Gasteiger partial charge in [0, 0.05) is 24.8 Å². The first-order valence-electron chi connectivity index (χ1n) is 6.75. The molecule has 2 heterocycles. The Labute approximate surface area is 103 Å². The smallest absolute Gasteiger partial charge is 0.0947 e. The van der Waals surface area contributed by atoms with Crippen LogP contribution in [-0.2, 0) is 11.3 Å². The van der Waals surface area contributed by atoms with Gasteiger partial charge in [0.25, 0.3) is 0 Å². The Morgan fingerprint density at radius 3 is 3.00 bits per heavy atom. The summed E-state index contributed by atoms with van der Waals surface area (Å²) in [6, 6.07) is 2.63. The molecule has 1 atom stereocenters. The first kappa shape index (κ1) is 11.3. The molecular formula is C14H21NO2. The molecular weight excluding hydrogens is 214 g/mol. The Balaban J connectivity index is 1.53. The molecule has 1 aromatic heterocycles. The maximum atomic E-state index is 6.04. The van der Waals surface area contributed by atoms with E-state index >= 15 is 0 Å². The predicted octanol–water partition coefficient (Wildman–Crippen LogP) is 2.86. The second kappa shape index (κ2) is 4.83. The zero-order valence-corrected chi connectivity index (χ0v) is 10.3. The molecule has 3 nitrogen and oxygen atoms in total. The van der Waals surface area contributed by atoms with Crippen LogP contribution in [0.15, 0.2) is 23.0 Å². The minimum atomic E-state index is 0.215. The van der Waals surface area contributed by atoms with Crippen LogP contribution in [0, 0.1) is 0 Å². The molecule has 94 valence electrons. The van der Waals surface area contributed by atoms with E-state index in [1.165, 1.54) is 37.7 Å². The summed E-state index contributed by atoms with van der Waals surface area (Å²) < 4.78 is 11.1. The van der Waals surface area contributed by atoms with Crippen molar-refractivity contribution in [1.29, 1.82) is 0 Å². The molecule has 0 radical (unpaired) electrons. The third kappa shape index (κ3) is 2.55. The second-order valence-electron chi connectivity index (χ2n) is 5.44. The quantitative estimate of drug-likeness (QED) is 0.874. The van der Waals surface area contributed by atoms with E-state index in [2.05, 4.69) is 5.32 Å². The fraction of sp³-hybridized carbons (Fsp3) is 0.714. The fourth-order valence-corrected chi connectivity index (χ4v) is 3.23. The predicted molar refractivity (Wildman–Crippen MR) is 65.7 cm³/mol. The van der Waals surface area contributed by atoms with E-state index < -0.39 is 0 Å². The average molecular weight is 235 g/mol. The van der Waals surface area contributed by atoms with E-state index in [9.17, 15) is 0 Å². The summed E-state index contributed by atoms with van der Waals surface area (Å²) in [5, 5.41) is 3.64. The highest BCUT2D eigenvalue weighted by Crippen LogP contribution is 2.39. The summed E-state index contributed by atoms with van der Waals surface area (Å²) >= 11 is 0. The minimum absolute atomic E-state index is 0.215. The normalized spacial score (nSPS) is 27.6. The van der Waals surface area contributed by atoms with E-state index in [4.69, 9.17) is 9.15 Å². The van der Waals surface area contributed by atoms with Gasteiger partial charge in [-0.1, -0.05) is 12.8 Å². The number of furan rings is 1. The zero-order chi connectivity index (χ0) is 11.6. The molecule has 2 fully saturated rings. The van der Waals surface area contributed by atoms with Crippen LogP contribution in [0.5, 0.6) is 0 Å². The zero-order valence-electron chi connectivity index (χ0n) is 10.3. The lowest BCUT2D eigenvalue weighted by atomic mass is 9.89. The molecule has 1 spiro atoms. The fourth-order valence-electron chi connectivity index (χ4n) is 3.23. The third-order valence-corrected chi connectivity index (χ3v) is 4.18. The molecule has 1 aliphatic carbocycles. The molecule has 1 aromatic rings. The van der Waals surface area contributed by atoms with Gasteiger partial charge < -0.3 is 14.5 Å². The van der Waals surface area contributed by atoms with Crippen LogP contribution < -0.4 is 5.32 Å². The molecule has 1 aliphatic heterocycles. The molecule has 0 bridgehead atoms. The highest BCUT2D eigenvalue weighted by Gasteiger charge is 2.39. The van der Waals surface area contributed by atoms with Crippen LogP contribution in [0.25, 0.3) is 0 Å². The van der Waals surface area contributed by atoms with E-state index in [1.807, 2.05) is 12.3 Å². The van der Waals surface area contributed by atoms with Crippen molar-refractivity contribution in [3.63, 3.8) is 0 Å². The van der Waals surface area contributed by atoms with Gasteiger partial charge in [-0.2, -0.15) is 0 Å². The highest BCUT2D eigenvalue weighted by atomic mass is 16.5. The van der Waals surface area contributed by atoms with Crippen LogP contribution in [0.4, 0.5) is 0 Å². The lowest BCUT2D eigenvalue weighted by Crippen LogP contribution is -2.45. The molecule has 0 amide bonds. The van der Waals surface area contributed by atoms with E-state index in [-0.39, 0.29) is 5.60 Å². The summed E-state index contributed by atoms with van der Waals surface area (Å²) in [7, 11) is 0. The van der Waals surface area contributed by atoms with E-state index in [0.717, 1.165) is 19.6 Å². The maximum absolute atomic E-state index is 6.04. The molecule has 1 unspecified atom stereocenters. The monoisotopic (exact) mass is 235 g/mol. The van der Waals surface area contributed by atoms with Gasteiger partial charge >= 0.3 is 0 Å². The third-order valence-electron chi connectivity index (χ3n) is 4.18. The summed E-state index contributed by atoms with van der Waals surface area (Å²) in [6.07, 6.45) is 11.1. The summed E-state index contributed by atoms with van der Waals surface area (Å²) in [5.41, 5.74) is 1.45. The first-order chi connectivity index (χ1) is 8.36. The molecule has 2 aliphatic rings. The van der Waals surface area contributed by atoms with Gasteiger partial charge in [0.15, 0.2) is 0 Å². The SMILES string of the molecule is c1cc(CNC2CCOC3(CCCC3)C2)co1. The Morgan fingerprint density at radius 2 is 2.24 bits per heavy atom. The Kier molecular flexibility index (Phi) is 3.21. The average Bonchev–Trinajstić information content (AvgIpc) is 2.99. The topological polar surface area (TPSA) is 34.4 Å². The Bertz CT molecular complexity index is 341. The Morgan fingerprint density at radius 1 is 1.35 bits per heavy atom. The number of hydrogen-bond donors (Lipinski definition) is 1. The molecule has 0 aromatic carbocycles. The standard InChI is InChI=1S/C14H21NO2/c1-2-6-14(5-1)9-13(4-8-17-14)15-10-12-3-7-16-11-12/h3,7,11,13,15H,1-2,4-6,8-10H2. The summed E-state index contributed by atoms with van der Waals surface area (Å²) in [5.74, 6) is 0. The lowest BCUT2D eigenvalue weighted by molar-refractivity contribution is -0.0837. The number of rotatable bonds is 3. The van der Waals surface area contributed by atoms with Crippen molar-refractivity contribution in [2.45, 2.75) is 56.7 Å². The van der Waals surface area contributed by atoms with Gasteiger partial charge in [0.1, 0.15) is 0 Å². The number of nitrogens with one attached hydrogen (secondary N) is 1. The van der Waals surface area contributed by atoms with Crippen LogP contribution >= 0.6 is 0 Å². The highest BCUT2D eigenvalue weighted by molar-refractivity contribution is 5.05. The molecule has 1 saturated carbocycles. The van der Waals surface area contributed by atoms with Gasteiger partial charge in [-0.05, 0) is 31.7 Å². The van der Waals surface area contributed by atoms with Crippen molar-refractivity contribution in [1.82, 2.24) is 5.32 Å². The van der Waals surface area contributed by atoms with Crippen molar-refractivity contribution >= 4 is 0 Å². The van der Waals surface area contributed by atoms with Crippen LogP contribution in [0.3, 0.4) is 0 Å². The first-order valence-corrected chi connectivity index (χ1v) is 6.75. The van der Waals surface area contributed by atoms with Crippen LogP contribution in [0.2, 0.25) is 0 Å². The molecule has 1 saturated heterocycles. The van der Waals surface area contributed by atoms with E-state index in [0.29, 0.717) is 6.04 Å². The van der Waals surface area contributed by atoms with Crippen LogP contribution in [0.1, 0.15) is 44.1 Å². The minimum Gasteiger partial charge on any atom is -0.472 e. The van der Waals surface area contributed by atoms with Crippen molar-refractivity contribution in [3.05, 3.63) is 24.2 Å². The molecule has 3 heteroatoms. The van der Waals surface area contributed by atoms with Crippen molar-refractivity contribution < 1.29 is 9.15 Å². The van der Waals surface area contributed by atoms with Gasteiger partial charge in [0.05, 0.1) is 18.1 Å². The van der Waals surface area contributed by atoms with E-state index in [1.54, 1.807) is 6.26 Å². The summed E-state index contributed by atoms with van der Waals surface area (Å²) in [4.78, 5) is 0. The van der Waals surface area contributed by atoms with Crippen LogP contribution in [-0.4, -0.2) is 18.2 Å². The van der Waals surface area contributed by atoms with Gasteiger partial charge in [0.2, 0.25) is 0 Å². The van der Waals surface area contributed by atoms with Crippen molar-refractivity contribution in [2.24, 2.45) is 0 Å². The van der Waals surface area contributed by atoms with Crippen molar-refractivity contribution in [2.75, 3.05) is 6.61 Å². The molecule has 3 rings (SSSR count). The number of ether oxygens (including phenoxy) is 1.